The number of carbonyl (C=O) groups is 1. The summed E-state index contributed by atoms with van der Waals surface area (Å²) in [5, 5.41) is 9.42. The van der Waals surface area contributed by atoms with Crippen LogP contribution in [0, 0.1) is 40.7 Å². The third kappa shape index (κ3) is 5.09. The van der Waals surface area contributed by atoms with E-state index in [-0.39, 0.29) is 11.1 Å². The van der Waals surface area contributed by atoms with Gasteiger partial charge in [-0.2, -0.15) is 5.26 Å². The van der Waals surface area contributed by atoms with Gasteiger partial charge in [-0.15, -0.1) is 23.5 Å². The molecule has 1 heterocycles. The minimum atomic E-state index is -0.829. The highest BCUT2D eigenvalue weighted by molar-refractivity contribution is 8.22. The first-order valence-corrected chi connectivity index (χ1v) is 11.5. The first-order chi connectivity index (χ1) is 13.5. The summed E-state index contributed by atoms with van der Waals surface area (Å²) in [6, 6.07) is 5.37. The van der Waals surface area contributed by atoms with E-state index in [1.54, 1.807) is 0 Å². The van der Waals surface area contributed by atoms with E-state index in [4.69, 9.17) is 4.74 Å². The highest BCUT2D eigenvalue weighted by Gasteiger charge is 2.31. The molecule has 0 amide bonds. The minimum absolute atomic E-state index is 0.0672. The summed E-state index contributed by atoms with van der Waals surface area (Å²) in [6.07, 6.45) is 5.07. The number of ether oxygens (including phenoxy) is 1. The quantitative estimate of drug-likeness (QED) is 0.355. The third-order valence-electron chi connectivity index (χ3n) is 5.51. The van der Waals surface area contributed by atoms with Gasteiger partial charge in [0.1, 0.15) is 24.3 Å². The summed E-state index contributed by atoms with van der Waals surface area (Å²) in [5.41, 5.74) is -0.379. The van der Waals surface area contributed by atoms with Crippen LogP contribution in [0.4, 0.5) is 8.78 Å². The molecular formula is C21H23F2NO2S2. The Balaban J connectivity index is 1.59. The maximum Gasteiger partial charge on any atom is 0.350 e. The van der Waals surface area contributed by atoms with E-state index in [0.717, 1.165) is 35.5 Å². The highest BCUT2D eigenvalue weighted by Crippen LogP contribution is 2.45. The molecule has 0 aromatic heterocycles. The van der Waals surface area contributed by atoms with Gasteiger partial charge in [0.25, 0.3) is 0 Å². The van der Waals surface area contributed by atoms with Crippen molar-refractivity contribution < 1.29 is 18.3 Å². The summed E-state index contributed by atoms with van der Waals surface area (Å²) in [6.45, 7) is 1.77. The standard InChI is InChI=1S/C21H23F2NO2S2/c1-13-5-7-14(8-6-13)15-11-27-21(28-12-15)16(9-24)20(25)26-10-17-18(22)3-2-4-19(17)23/h2-4,13-15H,5-8,10-12H2,1H3. The summed E-state index contributed by atoms with van der Waals surface area (Å²) in [7, 11) is 0. The van der Waals surface area contributed by atoms with Crippen LogP contribution in [0.2, 0.25) is 0 Å². The van der Waals surface area contributed by atoms with Crippen molar-refractivity contribution in [2.24, 2.45) is 17.8 Å². The predicted molar refractivity (Wildman–Crippen MR) is 108 cm³/mol. The molecule has 0 radical (unpaired) electrons. The van der Waals surface area contributed by atoms with Crippen LogP contribution in [0.1, 0.15) is 38.2 Å². The Morgan fingerprint density at radius 2 is 1.75 bits per heavy atom. The fourth-order valence-electron chi connectivity index (χ4n) is 3.68. The molecule has 0 N–H and O–H groups in total. The second-order valence-electron chi connectivity index (χ2n) is 7.45. The molecule has 7 heteroatoms. The molecule has 1 saturated heterocycles. The van der Waals surface area contributed by atoms with Gasteiger partial charge >= 0.3 is 5.97 Å². The molecule has 1 aliphatic heterocycles. The average Bonchev–Trinajstić information content (AvgIpc) is 2.69. The van der Waals surface area contributed by atoms with E-state index in [1.807, 2.05) is 6.07 Å². The van der Waals surface area contributed by atoms with Gasteiger partial charge < -0.3 is 4.74 Å². The van der Waals surface area contributed by atoms with Gasteiger partial charge in [0.15, 0.2) is 5.57 Å². The van der Waals surface area contributed by atoms with Crippen LogP contribution in [0.3, 0.4) is 0 Å². The minimum Gasteiger partial charge on any atom is -0.456 e. The number of carbonyl (C=O) groups excluding carboxylic acids is 1. The number of nitriles is 1. The topological polar surface area (TPSA) is 50.1 Å². The van der Waals surface area contributed by atoms with Crippen LogP contribution >= 0.6 is 23.5 Å². The van der Waals surface area contributed by atoms with Crippen LogP contribution in [-0.4, -0.2) is 17.5 Å². The van der Waals surface area contributed by atoms with Crippen molar-refractivity contribution in [2.75, 3.05) is 11.5 Å². The molecule has 2 fully saturated rings. The number of nitrogens with zero attached hydrogens (tertiary/aromatic N) is 1. The number of esters is 1. The van der Waals surface area contributed by atoms with Gasteiger partial charge in [-0.05, 0) is 42.7 Å². The fourth-order valence-corrected chi connectivity index (χ4v) is 6.63. The van der Waals surface area contributed by atoms with Gasteiger partial charge in [0.05, 0.1) is 9.80 Å². The average molecular weight is 424 g/mol. The van der Waals surface area contributed by atoms with Crippen LogP contribution < -0.4 is 0 Å². The molecule has 0 unspecified atom stereocenters. The SMILES string of the molecule is CC1CCC(C2CSC(=C(C#N)C(=O)OCc3c(F)cccc3F)SC2)CC1. The van der Waals surface area contributed by atoms with Crippen molar-refractivity contribution in [3.05, 3.63) is 45.2 Å². The molecule has 1 saturated carbocycles. The Morgan fingerprint density at radius 3 is 2.32 bits per heavy atom. The summed E-state index contributed by atoms with van der Waals surface area (Å²) < 4.78 is 33.0. The molecule has 28 heavy (non-hydrogen) atoms. The van der Waals surface area contributed by atoms with E-state index in [2.05, 4.69) is 6.92 Å². The van der Waals surface area contributed by atoms with Gasteiger partial charge in [0.2, 0.25) is 0 Å². The third-order valence-corrected chi connectivity index (χ3v) is 8.34. The zero-order valence-electron chi connectivity index (χ0n) is 15.7. The van der Waals surface area contributed by atoms with E-state index in [9.17, 15) is 18.8 Å². The molecule has 1 aromatic rings. The largest absolute Gasteiger partial charge is 0.456 e. The van der Waals surface area contributed by atoms with Crippen LogP contribution in [-0.2, 0) is 16.1 Å². The molecule has 3 rings (SSSR count). The van der Waals surface area contributed by atoms with Gasteiger partial charge in [-0.25, -0.2) is 13.6 Å². The Labute approximate surface area is 172 Å². The molecule has 3 nitrogen and oxygen atoms in total. The first-order valence-electron chi connectivity index (χ1n) is 9.49. The lowest BCUT2D eigenvalue weighted by molar-refractivity contribution is -0.139. The smallest absolute Gasteiger partial charge is 0.350 e. The van der Waals surface area contributed by atoms with Gasteiger partial charge in [0, 0.05) is 11.5 Å². The van der Waals surface area contributed by atoms with Crippen molar-refractivity contribution in [3.8, 4) is 6.07 Å². The van der Waals surface area contributed by atoms with Crippen molar-refractivity contribution in [1.29, 1.82) is 5.26 Å². The number of hydrogen-bond donors (Lipinski definition) is 0. The number of hydrogen-bond acceptors (Lipinski definition) is 5. The van der Waals surface area contributed by atoms with Crippen LogP contribution in [0.15, 0.2) is 28.0 Å². The van der Waals surface area contributed by atoms with Crippen molar-refractivity contribution >= 4 is 29.5 Å². The van der Waals surface area contributed by atoms with E-state index in [0.29, 0.717) is 10.2 Å². The number of rotatable bonds is 4. The molecule has 0 spiro atoms. The Bertz CT molecular complexity index is 768. The van der Waals surface area contributed by atoms with Gasteiger partial charge in [-0.3, -0.25) is 0 Å². The monoisotopic (exact) mass is 423 g/mol. The molecular weight excluding hydrogens is 400 g/mol. The molecule has 0 atom stereocenters. The van der Waals surface area contributed by atoms with Crippen LogP contribution in [0.25, 0.3) is 0 Å². The van der Waals surface area contributed by atoms with E-state index in [1.165, 1.54) is 55.3 Å². The maximum absolute atomic E-state index is 13.7. The molecule has 0 bridgehead atoms. The van der Waals surface area contributed by atoms with Crippen molar-refractivity contribution in [2.45, 2.75) is 39.2 Å². The Hall–Kier alpha value is -1.52. The Morgan fingerprint density at radius 1 is 1.14 bits per heavy atom. The van der Waals surface area contributed by atoms with Gasteiger partial charge in [-0.1, -0.05) is 25.8 Å². The summed E-state index contributed by atoms with van der Waals surface area (Å²) >= 11 is 3.05. The second kappa shape index (κ2) is 9.80. The molecule has 1 aromatic carbocycles. The molecule has 2 aliphatic rings. The zero-order chi connectivity index (χ0) is 20.1. The normalized spacial score (nSPS) is 25.1. The summed E-state index contributed by atoms with van der Waals surface area (Å²) in [4.78, 5) is 12.3. The lowest BCUT2D eigenvalue weighted by Gasteiger charge is -2.35. The van der Waals surface area contributed by atoms with Crippen LogP contribution in [0.5, 0.6) is 0 Å². The summed E-state index contributed by atoms with van der Waals surface area (Å²) in [5.74, 6) is 1.53. The zero-order valence-corrected chi connectivity index (χ0v) is 17.4. The fraction of sp³-hybridized carbons (Fsp3) is 0.524. The van der Waals surface area contributed by atoms with E-state index < -0.39 is 24.2 Å². The number of benzene rings is 1. The predicted octanol–water partition coefficient (Wildman–Crippen LogP) is 5.67. The number of halogens is 2. The Kier molecular flexibility index (Phi) is 7.42. The molecule has 150 valence electrons. The van der Waals surface area contributed by atoms with Crippen molar-refractivity contribution in [1.82, 2.24) is 0 Å². The first kappa shape index (κ1) is 21.2. The van der Waals surface area contributed by atoms with E-state index >= 15 is 0 Å². The number of thioether (sulfide) groups is 2. The lowest BCUT2D eigenvalue weighted by atomic mass is 9.77. The lowest BCUT2D eigenvalue weighted by Crippen LogP contribution is -2.26. The van der Waals surface area contributed by atoms with Crippen molar-refractivity contribution in [3.63, 3.8) is 0 Å². The highest BCUT2D eigenvalue weighted by atomic mass is 32.2. The maximum atomic E-state index is 13.7. The molecule has 1 aliphatic carbocycles. The second-order valence-corrected chi connectivity index (χ2v) is 9.77.